The summed E-state index contributed by atoms with van der Waals surface area (Å²) >= 11 is 1.25. The van der Waals surface area contributed by atoms with Crippen LogP contribution in [0.4, 0.5) is 10.2 Å². The fourth-order valence-electron chi connectivity index (χ4n) is 2.85. The molecule has 1 saturated heterocycles. The normalized spacial score (nSPS) is 20.2. The summed E-state index contributed by atoms with van der Waals surface area (Å²) in [4.78, 5) is 27.7. The molecule has 1 aliphatic rings. The Morgan fingerprint density at radius 1 is 1.40 bits per heavy atom. The molecule has 2 aromatic rings. The van der Waals surface area contributed by atoms with Gasteiger partial charge in [0.1, 0.15) is 30.1 Å². The van der Waals surface area contributed by atoms with Crippen molar-refractivity contribution in [1.29, 1.82) is 0 Å². The predicted molar refractivity (Wildman–Crippen MR) is 125 cm³/mol. The lowest BCUT2D eigenvalue weighted by atomic mass is 10.3. The van der Waals surface area contributed by atoms with E-state index in [1.807, 2.05) is 0 Å². The van der Waals surface area contributed by atoms with Crippen molar-refractivity contribution in [2.75, 3.05) is 38.4 Å². The number of hydrogen-bond acceptors (Lipinski definition) is 11. The summed E-state index contributed by atoms with van der Waals surface area (Å²) < 4.78 is 55.0. The zero-order valence-corrected chi connectivity index (χ0v) is 20.7. The highest BCUT2D eigenvalue weighted by Crippen LogP contribution is 2.46. The molecule has 1 aromatic heterocycles. The van der Waals surface area contributed by atoms with E-state index in [9.17, 15) is 18.5 Å². The lowest BCUT2D eigenvalue weighted by Crippen LogP contribution is -2.36. The molecule has 192 valence electrons. The average Bonchev–Trinajstić information content (AvgIpc) is 3.29. The standard InChI is InChI=1S/C20H26FN4O8PS/c1-13(19(26)30-9-8-29-2)24-34(28,33-14-6-4-3-5-7-14)31-11-17-32-16(12-35-17)25-10-15(21)18(22)23-20(25)27/h3-7,10,13,16-17H,8-9,11-12H2,1-2H3,(H,24,28)(H2,22,23,27)/t13-,16-,17+,34-/m0/s1. The summed E-state index contributed by atoms with van der Waals surface area (Å²) in [7, 11) is -2.62. The number of nitrogens with two attached hydrogens (primary N) is 1. The highest BCUT2D eigenvalue weighted by molar-refractivity contribution is 8.00. The van der Waals surface area contributed by atoms with Crippen LogP contribution in [0.5, 0.6) is 5.75 Å². The molecule has 0 saturated carbocycles. The van der Waals surface area contributed by atoms with Crippen molar-refractivity contribution in [1.82, 2.24) is 14.6 Å². The number of nitrogen functional groups attached to an aromatic ring is 1. The van der Waals surface area contributed by atoms with E-state index < -0.39 is 48.7 Å². The number of para-hydroxylation sites is 1. The highest BCUT2D eigenvalue weighted by atomic mass is 32.2. The first-order valence-corrected chi connectivity index (χ1v) is 13.0. The maximum absolute atomic E-state index is 13.8. The molecule has 0 bridgehead atoms. The first kappa shape index (κ1) is 27.1. The minimum absolute atomic E-state index is 0.0277. The number of nitrogens with one attached hydrogen (secondary N) is 1. The molecule has 0 unspecified atom stereocenters. The van der Waals surface area contributed by atoms with Crippen molar-refractivity contribution in [2.24, 2.45) is 0 Å². The number of thioether (sulfide) groups is 1. The van der Waals surface area contributed by atoms with E-state index in [2.05, 4.69) is 10.1 Å². The number of ether oxygens (including phenoxy) is 3. The molecule has 15 heteroatoms. The van der Waals surface area contributed by atoms with Crippen LogP contribution in [0, 0.1) is 5.82 Å². The van der Waals surface area contributed by atoms with Gasteiger partial charge in [-0.3, -0.25) is 13.9 Å². The zero-order valence-electron chi connectivity index (χ0n) is 19.0. The Hall–Kier alpha value is -2.48. The topological polar surface area (TPSA) is 153 Å². The second kappa shape index (κ2) is 12.5. The zero-order chi connectivity index (χ0) is 25.4. The lowest BCUT2D eigenvalue weighted by molar-refractivity contribution is -0.146. The molecule has 0 spiro atoms. The van der Waals surface area contributed by atoms with Gasteiger partial charge in [0.25, 0.3) is 0 Å². The van der Waals surface area contributed by atoms with E-state index in [-0.39, 0.29) is 31.3 Å². The van der Waals surface area contributed by atoms with Crippen LogP contribution in [-0.2, 0) is 28.1 Å². The molecule has 1 fully saturated rings. The number of benzene rings is 1. The molecule has 0 aliphatic carbocycles. The third-order valence-corrected chi connectivity index (χ3v) is 7.30. The van der Waals surface area contributed by atoms with Gasteiger partial charge in [-0.15, -0.1) is 11.8 Å². The van der Waals surface area contributed by atoms with Crippen LogP contribution >= 0.6 is 19.5 Å². The Kier molecular flexibility index (Phi) is 9.66. The van der Waals surface area contributed by atoms with Gasteiger partial charge in [-0.05, 0) is 19.1 Å². The van der Waals surface area contributed by atoms with Gasteiger partial charge in [-0.2, -0.15) is 10.1 Å². The fourth-order valence-corrected chi connectivity index (χ4v) is 5.43. The quantitative estimate of drug-likeness (QED) is 0.233. The summed E-state index contributed by atoms with van der Waals surface area (Å²) in [5.74, 6) is -1.51. The van der Waals surface area contributed by atoms with Crippen LogP contribution in [0.2, 0.25) is 0 Å². The van der Waals surface area contributed by atoms with Gasteiger partial charge < -0.3 is 24.5 Å². The van der Waals surface area contributed by atoms with E-state index in [1.54, 1.807) is 30.3 Å². The van der Waals surface area contributed by atoms with Crippen molar-refractivity contribution in [3.05, 3.63) is 52.8 Å². The molecule has 3 rings (SSSR count). The summed E-state index contributed by atoms with van der Waals surface area (Å²) in [6.45, 7) is 1.45. The molecule has 0 amide bonds. The first-order valence-electron chi connectivity index (χ1n) is 10.4. The summed E-state index contributed by atoms with van der Waals surface area (Å²) in [5.41, 5.74) is 3.87. The molecule has 1 aromatic carbocycles. The van der Waals surface area contributed by atoms with Gasteiger partial charge in [-0.1, -0.05) is 18.2 Å². The van der Waals surface area contributed by atoms with Gasteiger partial charge in [0.15, 0.2) is 11.6 Å². The molecular formula is C20H26FN4O8PS. The third kappa shape index (κ3) is 7.75. The second-order valence-corrected chi connectivity index (χ2v) is 10.1. The maximum Gasteiger partial charge on any atom is 0.459 e. The lowest BCUT2D eigenvalue weighted by Gasteiger charge is -2.24. The second-order valence-electron chi connectivity index (χ2n) is 7.23. The van der Waals surface area contributed by atoms with Gasteiger partial charge >= 0.3 is 19.4 Å². The number of aromatic nitrogens is 2. The number of hydrogen-bond donors (Lipinski definition) is 2. The van der Waals surface area contributed by atoms with Crippen molar-refractivity contribution in [2.45, 2.75) is 24.6 Å². The molecule has 2 heterocycles. The number of esters is 1. The van der Waals surface area contributed by atoms with Crippen LogP contribution in [0.25, 0.3) is 0 Å². The van der Waals surface area contributed by atoms with Crippen molar-refractivity contribution in [3.63, 3.8) is 0 Å². The van der Waals surface area contributed by atoms with Gasteiger partial charge in [-0.25, -0.2) is 13.8 Å². The van der Waals surface area contributed by atoms with Crippen LogP contribution in [0.1, 0.15) is 13.2 Å². The monoisotopic (exact) mass is 532 g/mol. The van der Waals surface area contributed by atoms with E-state index in [1.165, 1.54) is 25.8 Å². The molecule has 1 aliphatic heterocycles. The van der Waals surface area contributed by atoms with Crippen molar-refractivity contribution >= 4 is 31.3 Å². The van der Waals surface area contributed by atoms with Crippen LogP contribution < -0.4 is 21.0 Å². The van der Waals surface area contributed by atoms with Gasteiger partial charge in [0, 0.05) is 12.9 Å². The fraction of sp³-hybridized carbons (Fsp3) is 0.450. The molecular weight excluding hydrogens is 506 g/mol. The summed E-state index contributed by atoms with van der Waals surface area (Å²) in [6.07, 6.45) is 0.0850. The molecule has 35 heavy (non-hydrogen) atoms. The number of carbonyl (C=O) groups is 1. The number of halogens is 1. The SMILES string of the molecule is COCCOC(=O)[C@H](C)N[P@](=O)(OC[C@@H]1O[C@H](n2cc(F)c(N)nc2=O)CS1)Oc1ccccc1. The van der Waals surface area contributed by atoms with E-state index in [4.69, 9.17) is 29.0 Å². The summed E-state index contributed by atoms with van der Waals surface area (Å²) in [5, 5.41) is 2.56. The van der Waals surface area contributed by atoms with Crippen molar-refractivity contribution < 1.29 is 37.0 Å². The third-order valence-electron chi connectivity index (χ3n) is 4.56. The Balaban J connectivity index is 1.65. The number of anilines is 1. The molecule has 3 N–H and O–H groups in total. The van der Waals surface area contributed by atoms with Gasteiger partial charge in [0.05, 0.1) is 19.4 Å². The van der Waals surface area contributed by atoms with Crippen LogP contribution in [0.3, 0.4) is 0 Å². The largest absolute Gasteiger partial charge is 0.462 e. The minimum atomic E-state index is -4.09. The van der Waals surface area contributed by atoms with Crippen molar-refractivity contribution in [3.8, 4) is 5.75 Å². The number of nitrogens with zero attached hydrogens (tertiary/aromatic N) is 2. The highest BCUT2D eigenvalue weighted by Gasteiger charge is 2.36. The van der Waals surface area contributed by atoms with Gasteiger partial charge in [0.2, 0.25) is 0 Å². The minimum Gasteiger partial charge on any atom is -0.462 e. The number of methoxy groups -OCH3 is 1. The smallest absolute Gasteiger partial charge is 0.459 e. The molecule has 12 nitrogen and oxygen atoms in total. The Morgan fingerprint density at radius 2 is 2.14 bits per heavy atom. The maximum atomic E-state index is 13.8. The van der Waals surface area contributed by atoms with Crippen LogP contribution in [-0.4, -0.2) is 59.7 Å². The van der Waals surface area contributed by atoms with E-state index in [0.717, 1.165) is 10.8 Å². The summed E-state index contributed by atoms with van der Waals surface area (Å²) in [6, 6.07) is 7.23. The molecule has 4 atom stereocenters. The molecule has 0 radical (unpaired) electrons. The number of rotatable bonds is 12. The number of carbonyl (C=O) groups excluding carboxylic acids is 1. The Morgan fingerprint density at radius 3 is 2.86 bits per heavy atom. The Bertz CT molecular complexity index is 1110. The van der Waals surface area contributed by atoms with Crippen LogP contribution in [0.15, 0.2) is 41.3 Å². The Labute approximate surface area is 204 Å². The van der Waals surface area contributed by atoms with E-state index in [0.29, 0.717) is 0 Å². The first-order chi connectivity index (χ1) is 16.7. The predicted octanol–water partition coefficient (Wildman–Crippen LogP) is 1.92. The van der Waals surface area contributed by atoms with E-state index >= 15 is 0 Å². The average molecular weight is 532 g/mol.